The number of halogens is 3. The van der Waals surface area contributed by atoms with E-state index in [1.807, 2.05) is 25.1 Å². The van der Waals surface area contributed by atoms with E-state index in [-0.39, 0.29) is 31.8 Å². The average molecular weight is 605 g/mol. The highest BCUT2D eigenvalue weighted by Crippen LogP contribution is 2.37. The van der Waals surface area contributed by atoms with Crippen molar-refractivity contribution in [2.75, 3.05) is 36.9 Å². The van der Waals surface area contributed by atoms with E-state index in [9.17, 15) is 18.8 Å². The lowest BCUT2D eigenvalue weighted by Crippen LogP contribution is -2.55. The number of nitrogens with one attached hydrogen (secondary N) is 2. The summed E-state index contributed by atoms with van der Waals surface area (Å²) in [6, 6.07) is 16.2. The van der Waals surface area contributed by atoms with Crippen LogP contribution in [0.1, 0.15) is 18.2 Å². The van der Waals surface area contributed by atoms with Gasteiger partial charge in [-0.2, -0.15) is 5.26 Å². The summed E-state index contributed by atoms with van der Waals surface area (Å²) in [7, 11) is 0. The molecule has 1 amide bonds. The molecule has 9 nitrogen and oxygen atoms in total. The molecule has 0 radical (unpaired) electrons. The first-order valence-corrected chi connectivity index (χ1v) is 13.8. The number of rotatable bonds is 11. The maximum absolute atomic E-state index is 13.1. The van der Waals surface area contributed by atoms with Crippen LogP contribution < -0.4 is 20.1 Å². The van der Waals surface area contributed by atoms with Gasteiger partial charge in [0.15, 0.2) is 0 Å². The Morgan fingerprint density at radius 2 is 2.00 bits per heavy atom. The zero-order valence-electron chi connectivity index (χ0n) is 23.1. The number of nitriles is 1. The summed E-state index contributed by atoms with van der Waals surface area (Å²) >= 11 is 6.51. The zero-order valence-corrected chi connectivity index (χ0v) is 23.9. The summed E-state index contributed by atoms with van der Waals surface area (Å²) in [4.78, 5) is 22.9. The van der Waals surface area contributed by atoms with Crippen molar-refractivity contribution in [1.82, 2.24) is 14.9 Å². The molecular weight excluding hydrogens is 578 g/mol. The lowest BCUT2D eigenvalue weighted by Gasteiger charge is -2.37. The molecule has 43 heavy (non-hydrogen) atoms. The molecule has 2 aromatic carbocycles. The molecule has 3 heterocycles. The molecule has 0 atom stereocenters. The van der Waals surface area contributed by atoms with Crippen molar-refractivity contribution in [3.8, 4) is 17.6 Å². The van der Waals surface area contributed by atoms with Gasteiger partial charge in [0.1, 0.15) is 24.2 Å². The van der Waals surface area contributed by atoms with Crippen LogP contribution in [0.4, 0.5) is 25.8 Å². The van der Waals surface area contributed by atoms with Gasteiger partial charge in [-0.05, 0) is 43.3 Å². The predicted molar refractivity (Wildman–Crippen MR) is 160 cm³/mol. The normalized spacial score (nSPS) is 14.2. The van der Waals surface area contributed by atoms with Crippen LogP contribution in [-0.4, -0.2) is 52.9 Å². The largest absolute Gasteiger partial charge is 0.492 e. The Bertz CT molecular complexity index is 1700. The molecule has 220 valence electrons. The van der Waals surface area contributed by atoms with E-state index in [1.54, 1.807) is 36.5 Å². The van der Waals surface area contributed by atoms with Crippen LogP contribution in [0.2, 0.25) is 5.02 Å². The molecule has 0 aliphatic carbocycles. The molecule has 0 bridgehead atoms. The van der Waals surface area contributed by atoms with Gasteiger partial charge in [0.25, 0.3) is 5.92 Å². The standard InChI is InChI=1S/C31H27ClF2N6O3/c1-2-42-28-14-25-23(13-26(28)39-29(41)7-5-11-40-18-31(33,34)19-40)30(20(15-35)16-37-25)38-21-8-9-27(24(32)12-21)43-17-22-6-3-4-10-36-22/h3-10,12-14,16H,2,11,17-19H2,1H3,(H,37,38)(H,39,41)/b7-5+. The van der Waals surface area contributed by atoms with E-state index in [0.717, 1.165) is 5.69 Å². The molecule has 0 unspecified atom stereocenters. The fourth-order valence-corrected chi connectivity index (χ4v) is 4.74. The molecule has 4 aromatic rings. The maximum Gasteiger partial charge on any atom is 0.272 e. The van der Waals surface area contributed by atoms with Gasteiger partial charge >= 0.3 is 0 Å². The number of carbonyl (C=O) groups excluding carboxylic acids is 1. The minimum atomic E-state index is -2.67. The number of amides is 1. The Balaban J connectivity index is 1.38. The number of aromatic nitrogens is 2. The second-order valence-electron chi connectivity index (χ2n) is 9.75. The number of likely N-dealkylation sites (tertiary alicyclic amines) is 1. The molecule has 0 spiro atoms. The quantitative estimate of drug-likeness (QED) is 0.191. The second-order valence-corrected chi connectivity index (χ2v) is 10.2. The van der Waals surface area contributed by atoms with Crippen molar-refractivity contribution in [3.63, 3.8) is 0 Å². The van der Waals surface area contributed by atoms with Crippen LogP contribution in [0.5, 0.6) is 11.5 Å². The predicted octanol–water partition coefficient (Wildman–Crippen LogP) is 6.32. The van der Waals surface area contributed by atoms with Gasteiger partial charge in [-0.15, -0.1) is 0 Å². The Kier molecular flexibility index (Phi) is 8.99. The number of alkyl halides is 2. The van der Waals surface area contributed by atoms with Gasteiger partial charge in [-0.1, -0.05) is 23.7 Å². The monoisotopic (exact) mass is 604 g/mol. The third-order valence-corrected chi connectivity index (χ3v) is 6.79. The highest BCUT2D eigenvalue weighted by molar-refractivity contribution is 6.32. The second kappa shape index (κ2) is 13.0. The third kappa shape index (κ3) is 7.35. The van der Waals surface area contributed by atoms with E-state index in [1.165, 1.54) is 23.2 Å². The van der Waals surface area contributed by atoms with Crippen molar-refractivity contribution < 1.29 is 23.0 Å². The van der Waals surface area contributed by atoms with Crippen LogP contribution in [0, 0.1) is 11.3 Å². The van der Waals surface area contributed by atoms with Crippen LogP contribution >= 0.6 is 11.6 Å². The Morgan fingerprint density at radius 3 is 2.70 bits per heavy atom. The number of hydrogen-bond donors (Lipinski definition) is 2. The van der Waals surface area contributed by atoms with Crippen molar-refractivity contribution in [2.24, 2.45) is 0 Å². The van der Waals surface area contributed by atoms with E-state index in [2.05, 4.69) is 26.7 Å². The number of pyridine rings is 2. The molecule has 1 fully saturated rings. The molecule has 1 saturated heterocycles. The number of ether oxygens (including phenoxy) is 2. The highest BCUT2D eigenvalue weighted by atomic mass is 35.5. The summed E-state index contributed by atoms with van der Waals surface area (Å²) in [5.41, 5.74) is 2.96. The van der Waals surface area contributed by atoms with E-state index in [4.69, 9.17) is 21.1 Å². The van der Waals surface area contributed by atoms with E-state index >= 15 is 0 Å². The highest BCUT2D eigenvalue weighted by Gasteiger charge is 2.42. The third-order valence-electron chi connectivity index (χ3n) is 6.49. The number of carbonyl (C=O) groups is 1. The number of nitrogens with zero attached hydrogens (tertiary/aromatic N) is 4. The van der Waals surface area contributed by atoms with E-state index in [0.29, 0.717) is 51.1 Å². The molecule has 5 rings (SSSR count). The van der Waals surface area contributed by atoms with Gasteiger partial charge in [0.2, 0.25) is 5.91 Å². The zero-order chi connectivity index (χ0) is 30.4. The maximum atomic E-state index is 13.1. The Labute approximate surface area is 251 Å². The molecular formula is C31H27ClF2N6O3. The van der Waals surface area contributed by atoms with E-state index < -0.39 is 11.8 Å². The van der Waals surface area contributed by atoms with Gasteiger partial charge in [-0.25, -0.2) is 8.78 Å². The fraction of sp³-hybridized carbons (Fsp3) is 0.226. The topological polar surface area (TPSA) is 112 Å². The van der Waals surface area contributed by atoms with Crippen molar-refractivity contribution in [1.29, 1.82) is 5.26 Å². The Hall–Kier alpha value is -4.79. The molecule has 0 saturated carbocycles. The number of fused-ring (bicyclic) bond motifs is 1. The lowest BCUT2D eigenvalue weighted by molar-refractivity contribution is -0.125. The molecule has 2 N–H and O–H groups in total. The first-order chi connectivity index (χ1) is 20.7. The number of hydrogen-bond acceptors (Lipinski definition) is 8. The Morgan fingerprint density at radius 1 is 1.16 bits per heavy atom. The van der Waals surface area contributed by atoms with Crippen molar-refractivity contribution >= 4 is 45.5 Å². The van der Waals surface area contributed by atoms with Crippen LogP contribution in [0.25, 0.3) is 10.9 Å². The summed E-state index contributed by atoms with van der Waals surface area (Å²) in [5.74, 6) is -2.27. The van der Waals surface area contributed by atoms with Crippen LogP contribution in [0.3, 0.4) is 0 Å². The minimum absolute atomic E-state index is 0.234. The SMILES string of the molecule is CCOc1cc2ncc(C#N)c(Nc3ccc(OCc4ccccn4)c(Cl)c3)c2cc1NC(=O)/C=C/CN1CC(F)(F)C1. The smallest absolute Gasteiger partial charge is 0.272 e. The van der Waals surface area contributed by atoms with Gasteiger partial charge < -0.3 is 20.1 Å². The van der Waals surface area contributed by atoms with Crippen LogP contribution in [-0.2, 0) is 11.4 Å². The van der Waals surface area contributed by atoms with Crippen molar-refractivity contribution in [3.05, 3.63) is 89.4 Å². The summed E-state index contributed by atoms with van der Waals surface area (Å²) in [6.07, 6.45) is 5.96. The summed E-state index contributed by atoms with van der Waals surface area (Å²) in [6.45, 7) is 1.98. The minimum Gasteiger partial charge on any atom is -0.492 e. The number of benzene rings is 2. The average Bonchev–Trinajstić information content (AvgIpc) is 2.97. The van der Waals surface area contributed by atoms with Crippen molar-refractivity contribution in [2.45, 2.75) is 19.5 Å². The van der Waals surface area contributed by atoms with Gasteiger partial charge in [0.05, 0.1) is 52.9 Å². The number of anilines is 3. The summed E-state index contributed by atoms with van der Waals surface area (Å²) in [5, 5.41) is 16.8. The molecule has 12 heteroatoms. The lowest BCUT2D eigenvalue weighted by atomic mass is 10.1. The summed E-state index contributed by atoms with van der Waals surface area (Å²) < 4.78 is 37.7. The van der Waals surface area contributed by atoms with Crippen LogP contribution in [0.15, 0.2) is 73.1 Å². The molecule has 1 aliphatic heterocycles. The molecule has 1 aliphatic rings. The first kappa shape index (κ1) is 29.7. The molecule has 2 aromatic heterocycles. The van der Waals surface area contributed by atoms with Gasteiger partial charge in [-0.3, -0.25) is 19.7 Å². The fourth-order valence-electron chi connectivity index (χ4n) is 4.51. The first-order valence-electron chi connectivity index (χ1n) is 13.4. The van der Waals surface area contributed by atoms with Gasteiger partial charge in [0, 0.05) is 42.2 Å².